The second kappa shape index (κ2) is 6.93. The van der Waals surface area contributed by atoms with E-state index < -0.39 is 0 Å². The Balaban J connectivity index is 1.90. The van der Waals surface area contributed by atoms with E-state index in [-0.39, 0.29) is 24.1 Å². The SMILES string of the molecule is CCn1c(SCC(=O)N(C)CC(=O)NC)nnc1C1CC1. The van der Waals surface area contributed by atoms with E-state index in [9.17, 15) is 9.59 Å². The summed E-state index contributed by atoms with van der Waals surface area (Å²) in [6.07, 6.45) is 2.35. The fourth-order valence-corrected chi connectivity index (χ4v) is 2.92. The van der Waals surface area contributed by atoms with Crippen LogP contribution in [-0.4, -0.2) is 57.9 Å². The zero-order valence-electron chi connectivity index (χ0n) is 12.6. The Bertz CT molecular complexity index is 527. The van der Waals surface area contributed by atoms with Gasteiger partial charge in [0.05, 0.1) is 12.3 Å². The summed E-state index contributed by atoms with van der Waals surface area (Å²) in [5.41, 5.74) is 0. The lowest BCUT2D eigenvalue weighted by Gasteiger charge is -2.15. The number of nitrogens with one attached hydrogen (secondary N) is 1. The van der Waals surface area contributed by atoms with Gasteiger partial charge in [-0.2, -0.15) is 0 Å². The minimum Gasteiger partial charge on any atom is -0.358 e. The number of hydrogen-bond donors (Lipinski definition) is 1. The van der Waals surface area contributed by atoms with Gasteiger partial charge in [0, 0.05) is 26.6 Å². The molecular formula is C13H21N5O2S. The lowest BCUT2D eigenvalue weighted by atomic mass is 10.4. The lowest BCUT2D eigenvalue weighted by molar-refractivity contribution is -0.132. The maximum atomic E-state index is 12.0. The van der Waals surface area contributed by atoms with Crippen LogP contribution in [0.25, 0.3) is 0 Å². The van der Waals surface area contributed by atoms with Crippen molar-refractivity contribution in [3.8, 4) is 0 Å². The summed E-state index contributed by atoms with van der Waals surface area (Å²) < 4.78 is 2.08. The molecule has 1 aliphatic rings. The molecule has 7 nitrogen and oxygen atoms in total. The van der Waals surface area contributed by atoms with Crippen molar-refractivity contribution in [2.75, 3.05) is 26.4 Å². The maximum absolute atomic E-state index is 12.0. The predicted octanol–water partition coefficient (Wildman–Crippen LogP) is 0.472. The number of likely N-dealkylation sites (N-methyl/N-ethyl adjacent to an activating group) is 2. The molecule has 1 saturated carbocycles. The second-order valence-electron chi connectivity index (χ2n) is 5.07. The first-order chi connectivity index (χ1) is 10.1. The molecule has 1 aliphatic carbocycles. The Morgan fingerprint density at radius 2 is 2.14 bits per heavy atom. The Hall–Kier alpha value is -1.57. The fourth-order valence-electron chi connectivity index (χ4n) is 1.97. The minimum absolute atomic E-state index is 0.0731. The number of carbonyl (C=O) groups excluding carboxylic acids is 2. The smallest absolute Gasteiger partial charge is 0.239 e. The van der Waals surface area contributed by atoms with Crippen LogP contribution in [0.5, 0.6) is 0 Å². The van der Waals surface area contributed by atoms with E-state index in [1.54, 1.807) is 14.1 Å². The van der Waals surface area contributed by atoms with Crippen LogP contribution in [0.3, 0.4) is 0 Å². The topological polar surface area (TPSA) is 80.1 Å². The molecule has 116 valence electrons. The fraction of sp³-hybridized carbons (Fsp3) is 0.692. The van der Waals surface area contributed by atoms with E-state index in [1.807, 2.05) is 0 Å². The molecule has 0 spiro atoms. The van der Waals surface area contributed by atoms with Gasteiger partial charge in [-0.05, 0) is 19.8 Å². The van der Waals surface area contributed by atoms with Crippen molar-refractivity contribution < 1.29 is 9.59 Å². The van der Waals surface area contributed by atoms with Gasteiger partial charge < -0.3 is 14.8 Å². The van der Waals surface area contributed by atoms with E-state index in [0.29, 0.717) is 5.92 Å². The first-order valence-corrected chi connectivity index (χ1v) is 8.05. The maximum Gasteiger partial charge on any atom is 0.239 e. The van der Waals surface area contributed by atoms with Crippen molar-refractivity contribution in [2.45, 2.75) is 37.4 Å². The van der Waals surface area contributed by atoms with Gasteiger partial charge >= 0.3 is 0 Å². The van der Waals surface area contributed by atoms with Crippen LogP contribution in [0.2, 0.25) is 0 Å². The summed E-state index contributed by atoms with van der Waals surface area (Å²) in [6.45, 7) is 2.94. The van der Waals surface area contributed by atoms with Crippen molar-refractivity contribution in [3.05, 3.63) is 5.82 Å². The molecule has 21 heavy (non-hydrogen) atoms. The molecule has 0 aromatic carbocycles. The predicted molar refractivity (Wildman–Crippen MR) is 80.1 cm³/mol. The number of amides is 2. The monoisotopic (exact) mass is 311 g/mol. The van der Waals surface area contributed by atoms with Gasteiger partial charge in [-0.1, -0.05) is 11.8 Å². The highest BCUT2D eigenvalue weighted by atomic mass is 32.2. The molecular weight excluding hydrogens is 290 g/mol. The Kier molecular flexibility index (Phi) is 5.22. The average molecular weight is 311 g/mol. The Labute approximate surface area is 128 Å². The normalized spacial score (nSPS) is 14.0. The van der Waals surface area contributed by atoms with Crippen LogP contribution < -0.4 is 5.32 Å². The molecule has 0 radical (unpaired) electrons. The average Bonchev–Trinajstić information content (AvgIpc) is 3.24. The van der Waals surface area contributed by atoms with Crippen LogP contribution in [0.4, 0.5) is 0 Å². The van der Waals surface area contributed by atoms with E-state index in [1.165, 1.54) is 29.5 Å². The van der Waals surface area contributed by atoms with Crippen LogP contribution in [0.15, 0.2) is 5.16 Å². The summed E-state index contributed by atoms with van der Waals surface area (Å²) in [6, 6.07) is 0. The van der Waals surface area contributed by atoms with Crippen molar-refractivity contribution in [1.82, 2.24) is 25.0 Å². The summed E-state index contributed by atoms with van der Waals surface area (Å²) in [7, 11) is 3.18. The molecule has 1 heterocycles. The summed E-state index contributed by atoms with van der Waals surface area (Å²) >= 11 is 1.38. The largest absolute Gasteiger partial charge is 0.358 e. The van der Waals surface area contributed by atoms with Gasteiger partial charge in [-0.25, -0.2) is 0 Å². The van der Waals surface area contributed by atoms with Gasteiger partial charge in [0.25, 0.3) is 0 Å². The molecule has 1 aromatic rings. The quantitative estimate of drug-likeness (QED) is 0.741. The summed E-state index contributed by atoms with van der Waals surface area (Å²) in [5, 5.41) is 11.7. The van der Waals surface area contributed by atoms with Crippen molar-refractivity contribution in [1.29, 1.82) is 0 Å². The summed E-state index contributed by atoms with van der Waals surface area (Å²) in [5.74, 6) is 1.56. The molecule has 2 amide bonds. The van der Waals surface area contributed by atoms with Gasteiger partial charge in [0.15, 0.2) is 5.16 Å². The third-order valence-electron chi connectivity index (χ3n) is 3.41. The third kappa shape index (κ3) is 3.96. The molecule has 2 rings (SSSR count). The highest BCUT2D eigenvalue weighted by Crippen LogP contribution is 2.39. The molecule has 8 heteroatoms. The number of carbonyl (C=O) groups is 2. The number of hydrogen-bond acceptors (Lipinski definition) is 5. The summed E-state index contributed by atoms with van der Waals surface area (Å²) in [4.78, 5) is 24.7. The van der Waals surface area contributed by atoms with Crippen LogP contribution in [0, 0.1) is 0 Å². The molecule has 0 atom stereocenters. The molecule has 1 N–H and O–H groups in total. The minimum atomic E-state index is -0.177. The number of rotatable bonds is 7. The van der Waals surface area contributed by atoms with E-state index >= 15 is 0 Å². The lowest BCUT2D eigenvalue weighted by Crippen LogP contribution is -2.37. The first-order valence-electron chi connectivity index (χ1n) is 7.07. The molecule has 0 saturated heterocycles. The van der Waals surface area contributed by atoms with Crippen LogP contribution in [-0.2, 0) is 16.1 Å². The number of aromatic nitrogens is 3. The first kappa shape index (κ1) is 15.8. The second-order valence-corrected chi connectivity index (χ2v) is 6.01. The van der Waals surface area contributed by atoms with Crippen molar-refractivity contribution in [3.63, 3.8) is 0 Å². The van der Waals surface area contributed by atoms with Gasteiger partial charge in [0.2, 0.25) is 11.8 Å². The zero-order chi connectivity index (χ0) is 15.4. The highest BCUT2D eigenvalue weighted by molar-refractivity contribution is 7.99. The highest BCUT2D eigenvalue weighted by Gasteiger charge is 2.30. The van der Waals surface area contributed by atoms with Crippen molar-refractivity contribution >= 4 is 23.6 Å². The van der Waals surface area contributed by atoms with Crippen LogP contribution in [0.1, 0.15) is 31.5 Å². The zero-order valence-corrected chi connectivity index (χ0v) is 13.4. The molecule has 0 bridgehead atoms. The van der Waals surface area contributed by atoms with Gasteiger partial charge in [-0.15, -0.1) is 10.2 Å². The number of thioether (sulfide) groups is 1. The Morgan fingerprint density at radius 1 is 1.43 bits per heavy atom. The number of nitrogens with zero attached hydrogens (tertiary/aromatic N) is 4. The van der Waals surface area contributed by atoms with Crippen LogP contribution >= 0.6 is 11.8 Å². The molecule has 0 aliphatic heterocycles. The Morgan fingerprint density at radius 3 is 2.71 bits per heavy atom. The molecule has 1 aromatic heterocycles. The standard InChI is InChI=1S/C13H21N5O2S/c1-4-18-12(9-5-6-9)15-16-13(18)21-8-11(20)17(3)7-10(19)14-2/h9H,4-8H2,1-3H3,(H,14,19). The molecule has 1 fully saturated rings. The van der Waals surface area contributed by atoms with E-state index in [2.05, 4.69) is 27.0 Å². The van der Waals surface area contributed by atoms with E-state index in [4.69, 9.17) is 0 Å². The van der Waals surface area contributed by atoms with Gasteiger partial charge in [-0.3, -0.25) is 9.59 Å². The van der Waals surface area contributed by atoms with E-state index in [0.717, 1.165) is 17.5 Å². The van der Waals surface area contributed by atoms with Gasteiger partial charge in [0.1, 0.15) is 5.82 Å². The molecule has 0 unspecified atom stereocenters. The third-order valence-corrected chi connectivity index (χ3v) is 4.37. The van der Waals surface area contributed by atoms with Crippen molar-refractivity contribution in [2.24, 2.45) is 0 Å².